The number of hydrogen-bond donors (Lipinski definition) is 1. The molecule has 0 aliphatic heterocycles. The van der Waals surface area contributed by atoms with E-state index in [0.29, 0.717) is 27.7 Å². The average Bonchev–Trinajstić information content (AvgIpc) is 3.28. The topological polar surface area (TPSA) is 56.1 Å². The molecule has 0 saturated carbocycles. The van der Waals surface area contributed by atoms with Gasteiger partial charge in [0.15, 0.2) is 0 Å². The average molecular weight is 486 g/mol. The van der Waals surface area contributed by atoms with Crippen molar-refractivity contribution < 1.29 is 22.7 Å². The molecule has 0 fully saturated rings. The predicted octanol–water partition coefficient (Wildman–Crippen LogP) is 6.15. The van der Waals surface area contributed by atoms with Crippen LogP contribution in [0.5, 0.6) is 5.75 Å². The Morgan fingerprint density at radius 2 is 1.79 bits per heavy atom. The maximum atomic E-state index is 13.1. The van der Waals surface area contributed by atoms with Crippen LogP contribution >= 0.6 is 11.6 Å². The van der Waals surface area contributed by atoms with Gasteiger partial charge >= 0.3 is 6.18 Å². The van der Waals surface area contributed by atoms with Gasteiger partial charge in [0.2, 0.25) is 0 Å². The minimum atomic E-state index is -4.46. The lowest BCUT2D eigenvalue weighted by Gasteiger charge is -2.11. The molecule has 0 aliphatic rings. The smallest absolute Gasteiger partial charge is 0.416 e. The molecule has 0 saturated heterocycles. The number of benzene rings is 3. The Bertz CT molecular complexity index is 1330. The highest BCUT2D eigenvalue weighted by Gasteiger charge is 2.30. The number of carbonyl (C=O) groups excluding carboxylic acids is 1. The van der Waals surface area contributed by atoms with E-state index in [4.69, 9.17) is 16.3 Å². The van der Waals surface area contributed by atoms with Gasteiger partial charge in [0.25, 0.3) is 5.91 Å². The predicted molar refractivity (Wildman–Crippen MR) is 123 cm³/mol. The molecule has 4 rings (SSSR count). The summed E-state index contributed by atoms with van der Waals surface area (Å²) in [4.78, 5) is 13.1. The van der Waals surface area contributed by atoms with Crippen molar-refractivity contribution in [1.82, 2.24) is 15.1 Å². The fourth-order valence-corrected chi connectivity index (χ4v) is 3.59. The minimum Gasteiger partial charge on any atom is -0.497 e. The summed E-state index contributed by atoms with van der Waals surface area (Å²) in [7, 11) is 1.55. The molecule has 0 unspecified atom stereocenters. The first-order chi connectivity index (χ1) is 16.2. The number of rotatable bonds is 6. The maximum Gasteiger partial charge on any atom is 0.416 e. The molecule has 0 atom stereocenters. The van der Waals surface area contributed by atoms with Crippen LogP contribution in [0.3, 0.4) is 0 Å². The number of methoxy groups -OCH3 is 1. The Morgan fingerprint density at radius 3 is 2.53 bits per heavy atom. The van der Waals surface area contributed by atoms with Crippen molar-refractivity contribution in [3.63, 3.8) is 0 Å². The second-order valence-corrected chi connectivity index (χ2v) is 7.86. The zero-order chi connectivity index (χ0) is 24.3. The summed E-state index contributed by atoms with van der Waals surface area (Å²) in [6, 6.07) is 20.5. The normalized spacial score (nSPS) is 11.3. The van der Waals surface area contributed by atoms with E-state index in [1.165, 1.54) is 16.8 Å². The third kappa shape index (κ3) is 5.23. The second-order valence-electron chi connectivity index (χ2n) is 7.42. The fourth-order valence-electron chi connectivity index (χ4n) is 3.40. The Balaban J connectivity index is 1.67. The van der Waals surface area contributed by atoms with E-state index in [1.54, 1.807) is 55.6 Å². The largest absolute Gasteiger partial charge is 0.497 e. The number of amides is 1. The summed E-state index contributed by atoms with van der Waals surface area (Å²) >= 11 is 6.13. The SMILES string of the molecule is COc1cccc(-c2cc(C(=O)NCc3cccc(C(F)(F)F)c3)n(-c3cccc(Cl)c3)n2)c1. The molecule has 1 amide bonds. The van der Waals surface area contributed by atoms with E-state index in [0.717, 1.165) is 17.7 Å². The molecule has 0 aliphatic carbocycles. The summed E-state index contributed by atoms with van der Waals surface area (Å²) in [5.41, 5.74) is 1.56. The third-order valence-electron chi connectivity index (χ3n) is 5.07. The van der Waals surface area contributed by atoms with E-state index in [2.05, 4.69) is 10.4 Å². The van der Waals surface area contributed by atoms with Crippen LogP contribution in [-0.2, 0) is 12.7 Å². The van der Waals surface area contributed by atoms with Crippen LogP contribution in [0.25, 0.3) is 16.9 Å². The lowest BCUT2D eigenvalue weighted by atomic mass is 10.1. The summed E-state index contributed by atoms with van der Waals surface area (Å²) in [6.45, 7) is -0.0853. The number of hydrogen-bond acceptors (Lipinski definition) is 3. The van der Waals surface area contributed by atoms with Gasteiger partial charge in [0, 0.05) is 17.1 Å². The van der Waals surface area contributed by atoms with Crippen LogP contribution in [-0.4, -0.2) is 22.8 Å². The van der Waals surface area contributed by atoms with E-state index in [1.807, 2.05) is 6.07 Å². The zero-order valence-electron chi connectivity index (χ0n) is 17.9. The monoisotopic (exact) mass is 485 g/mol. The molecule has 9 heteroatoms. The van der Waals surface area contributed by atoms with E-state index >= 15 is 0 Å². The van der Waals surface area contributed by atoms with Gasteiger partial charge in [-0.25, -0.2) is 4.68 Å². The molecule has 4 aromatic rings. The number of carbonyl (C=O) groups is 1. The van der Waals surface area contributed by atoms with Gasteiger partial charge in [-0.2, -0.15) is 18.3 Å². The standard InChI is InChI=1S/C25H19ClF3N3O2/c1-34-21-10-3-6-17(12-21)22-14-23(32(31-22)20-9-4-8-19(26)13-20)24(33)30-15-16-5-2-7-18(11-16)25(27,28)29/h2-14H,15H2,1H3,(H,30,33). The van der Waals surface area contributed by atoms with E-state index in [-0.39, 0.29) is 12.2 Å². The molecule has 1 N–H and O–H groups in total. The zero-order valence-corrected chi connectivity index (χ0v) is 18.7. The van der Waals surface area contributed by atoms with Gasteiger partial charge in [-0.15, -0.1) is 0 Å². The van der Waals surface area contributed by atoms with E-state index in [9.17, 15) is 18.0 Å². The molecular formula is C25H19ClF3N3O2. The maximum absolute atomic E-state index is 13.1. The number of alkyl halides is 3. The van der Waals surface area contributed by atoms with Gasteiger partial charge in [-0.3, -0.25) is 4.79 Å². The third-order valence-corrected chi connectivity index (χ3v) is 5.30. The van der Waals surface area contributed by atoms with Crippen LogP contribution in [0, 0.1) is 0 Å². The number of nitrogens with one attached hydrogen (secondary N) is 1. The van der Waals surface area contributed by atoms with Gasteiger partial charge < -0.3 is 10.1 Å². The lowest BCUT2D eigenvalue weighted by Crippen LogP contribution is -2.25. The first-order valence-electron chi connectivity index (χ1n) is 10.2. The summed E-state index contributed by atoms with van der Waals surface area (Å²) < 4.78 is 45.7. The molecule has 1 aromatic heterocycles. The summed E-state index contributed by atoms with van der Waals surface area (Å²) in [5.74, 6) is 0.129. The highest BCUT2D eigenvalue weighted by molar-refractivity contribution is 6.30. The van der Waals surface area contributed by atoms with Gasteiger partial charge in [-0.05, 0) is 54.1 Å². The van der Waals surface area contributed by atoms with Crippen molar-refractivity contribution in [3.05, 3.63) is 101 Å². The van der Waals surface area contributed by atoms with Crippen LogP contribution in [0.1, 0.15) is 21.6 Å². The van der Waals surface area contributed by atoms with Crippen molar-refractivity contribution in [3.8, 4) is 22.7 Å². The van der Waals surface area contributed by atoms with Gasteiger partial charge in [0.05, 0.1) is 24.1 Å². The first kappa shape index (κ1) is 23.4. The molecule has 1 heterocycles. The molecule has 34 heavy (non-hydrogen) atoms. The Kier molecular flexibility index (Phi) is 6.61. The van der Waals surface area contributed by atoms with Crippen molar-refractivity contribution in [1.29, 1.82) is 0 Å². The van der Waals surface area contributed by atoms with E-state index < -0.39 is 17.6 Å². The molecule has 0 spiro atoms. The Labute approximate surface area is 198 Å². The highest BCUT2D eigenvalue weighted by Crippen LogP contribution is 2.30. The highest BCUT2D eigenvalue weighted by atomic mass is 35.5. The lowest BCUT2D eigenvalue weighted by molar-refractivity contribution is -0.137. The summed E-state index contributed by atoms with van der Waals surface area (Å²) in [6.07, 6.45) is -4.46. The van der Waals surface area contributed by atoms with Gasteiger partial charge in [0.1, 0.15) is 11.4 Å². The van der Waals surface area contributed by atoms with Crippen LogP contribution in [0.4, 0.5) is 13.2 Å². The molecule has 5 nitrogen and oxygen atoms in total. The van der Waals surface area contributed by atoms with Crippen molar-refractivity contribution in [2.75, 3.05) is 7.11 Å². The first-order valence-corrected chi connectivity index (χ1v) is 10.6. The minimum absolute atomic E-state index is 0.0853. The molecule has 0 radical (unpaired) electrons. The summed E-state index contributed by atoms with van der Waals surface area (Å²) in [5, 5.41) is 7.73. The number of nitrogens with zero attached hydrogens (tertiary/aromatic N) is 2. The van der Waals surface area contributed by atoms with Crippen molar-refractivity contribution in [2.45, 2.75) is 12.7 Å². The second kappa shape index (κ2) is 9.61. The fraction of sp³-hybridized carbons (Fsp3) is 0.120. The number of halogens is 4. The molecular weight excluding hydrogens is 467 g/mol. The van der Waals surface area contributed by atoms with Crippen LogP contribution in [0.2, 0.25) is 5.02 Å². The van der Waals surface area contributed by atoms with Crippen molar-refractivity contribution >= 4 is 17.5 Å². The molecule has 3 aromatic carbocycles. The number of aromatic nitrogens is 2. The van der Waals surface area contributed by atoms with Crippen molar-refractivity contribution in [2.24, 2.45) is 0 Å². The van der Waals surface area contributed by atoms with Crippen LogP contribution < -0.4 is 10.1 Å². The van der Waals surface area contributed by atoms with Gasteiger partial charge in [-0.1, -0.05) is 41.9 Å². The number of ether oxygens (including phenoxy) is 1. The molecule has 174 valence electrons. The Morgan fingerprint density at radius 1 is 1.03 bits per heavy atom. The Hall–Kier alpha value is -3.78. The molecule has 0 bridgehead atoms. The quantitative estimate of drug-likeness (QED) is 0.356. The van der Waals surface area contributed by atoms with Crippen LogP contribution in [0.15, 0.2) is 78.9 Å².